The van der Waals surface area contributed by atoms with Gasteiger partial charge in [-0.05, 0) is 43.0 Å². The van der Waals surface area contributed by atoms with E-state index in [-0.39, 0.29) is 5.91 Å². The number of nitrogens with zero attached hydrogens (tertiary/aromatic N) is 1. The van der Waals surface area contributed by atoms with Crippen LogP contribution in [0, 0.1) is 5.92 Å². The monoisotopic (exact) mass is 323 g/mol. The standard InChI is InChI=1S/C20H25N3O/c21-19-9-5-4-8-18(19)20(24)22-14-17-11-13-23(15-17)12-10-16-6-2-1-3-7-16/h1-9,17H,10-15,21H2,(H,22,24). The molecule has 3 N–H and O–H groups in total. The molecule has 0 saturated carbocycles. The third-order valence-corrected chi connectivity index (χ3v) is 4.69. The van der Waals surface area contributed by atoms with Crippen molar-refractivity contribution in [2.75, 3.05) is 31.9 Å². The Hall–Kier alpha value is -2.33. The first kappa shape index (κ1) is 16.5. The summed E-state index contributed by atoms with van der Waals surface area (Å²) in [7, 11) is 0. The number of benzene rings is 2. The van der Waals surface area contributed by atoms with Crippen LogP contribution in [0.15, 0.2) is 54.6 Å². The van der Waals surface area contributed by atoms with E-state index >= 15 is 0 Å². The van der Waals surface area contributed by atoms with E-state index in [2.05, 4.69) is 40.5 Å². The SMILES string of the molecule is Nc1ccccc1C(=O)NCC1CCN(CCc2ccccc2)C1. The number of anilines is 1. The second kappa shape index (κ2) is 7.97. The van der Waals surface area contributed by atoms with Gasteiger partial charge in [0.25, 0.3) is 5.91 Å². The van der Waals surface area contributed by atoms with Crippen molar-refractivity contribution in [3.05, 3.63) is 65.7 Å². The number of likely N-dealkylation sites (tertiary alicyclic amines) is 1. The van der Waals surface area contributed by atoms with Gasteiger partial charge in [0.1, 0.15) is 0 Å². The van der Waals surface area contributed by atoms with Gasteiger partial charge in [0.05, 0.1) is 5.56 Å². The van der Waals surface area contributed by atoms with Crippen LogP contribution in [-0.2, 0) is 6.42 Å². The van der Waals surface area contributed by atoms with Crippen LogP contribution in [0.4, 0.5) is 5.69 Å². The summed E-state index contributed by atoms with van der Waals surface area (Å²) in [5, 5.41) is 3.03. The zero-order chi connectivity index (χ0) is 16.8. The number of carbonyl (C=O) groups is 1. The van der Waals surface area contributed by atoms with Gasteiger partial charge in [-0.25, -0.2) is 0 Å². The maximum atomic E-state index is 12.2. The fraction of sp³-hybridized carbons (Fsp3) is 0.350. The van der Waals surface area contributed by atoms with Crippen molar-refractivity contribution in [2.45, 2.75) is 12.8 Å². The fourth-order valence-corrected chi connectivity index (χ4v) is 3.25. The quantitative estimate of drug-likeness (QED) is 0.803. The maximum Gasteiger partial charge on any atom is 0.253 e. The lowest BCUT2D eigenvalue weighted by Gasteiger charge is -2.16. The number of nitrogens with one attached hydrogen (secondary N) is 1. The first-order valence-corrected chi connectivity index (χ1v) is 8.61. The molecule has 4 heteroatoms. The first-order valence-electron chi connectivity index (χ1n) is 8.61. The van der Waals surface area contributed by atoms with Gasteiger partial charge in [-0.2, -0.15) is 0 Å². The van der Waals surface area contributed by atoms with Crippen molar-refractivity contribution in [1.29, 1.82) is 0 Å². The third kappa shape index (κ3) is 4.36. The second-order valence-corrected chi connectivity index (χ2v) is 6.49. The molecule has 2 aromatic carbocycles. The summed E-state index contributed by atoms with van der Waals surface area (Å²) in [6.45, 7) is 3.97. The molecule has 4 nitrogen and oxygen atoms in total. The molecule has 1 heterocycles. The van der Waals surface area contributed by atoms with E-state index in [1.54, 1.807) is 12.1 Å². The predicted octanol–water partition coefficient (Wildman–Crippen LogP) is 2.56. The first-order chi connectivity index (χ1) is 11.7. The van der Waals surface area contributed by atoms with E-state index in [1.165, 1.54) is 5.56 Å². The molecule has 0 radical (unpaired) electrons. The molecule has 1 unspecified atom stereocenters. The highest BCUT2D eigenvalue weighted by molar-refractivity contribution is 5.99. The average molecular weight is 323 g/mol. The van der Waals surface area contributed by atoms with Crippen molar-refractivity contribution in [2.24, 2.45) is 5.92 Å². The van der Waals surface area contributed by atoms with E-state index in [0.29, 0.717) is 17.2 Å². The zero-order valence-corrected chi connectivity index (χ0v) is 13.9. The molecule has 1 amide bonds. The molecule has 2 aromatic rings. The summed E-state index contributed by atoms with van der Waals surface area (Å²) >= 11 is 0. The fourth-order valence-electron chi connectivity index (χ4n) is 3.25. The number of carbonyl (C=O) groups excluding carboxylic acids is 1. The number of hydrogen-bond acceptors (Lipinski definition) is 3. The van der Waals surface area contributed by atoms with Crippen molar-refractivity contribution in [3.8, 4) is 0 Å². The smallest absolute Gasteiger partial charge is 0.253 e. The van der Waals surface area contributed by atoms with Gasteiger partial charge in [-0.15, -0.1) is 0 Å². The van der Waals surface area contributed by atoms with Gasteiger partial charge >= 0.3 is 0 Å². The number of nitrogen functional groups attached to an aromatic ring is 1. The van der Waals surface area contributed by atoms with Gasteiger partial charge in [-0.1, -0.05) is 42.5 Å². The lowest BCUT2D eigenvalue weighted by Crippen LogP contribution is -2.31. The minimum atomic E-state index is -0.0733. The molecular formula is C20H25N3O. The largest absolute Gasteiger partial charge is 0.398 e. The van der Waals surface area contributed by atoms with E-state index in [9.17, 15) is 4.79 Å². The van der Waals surface area contributed by atoms with Crippen LogP contribution in [0.1, 0.15) is 22.3 Å². The van der Waals surface area contributed by atoms with Crippen LogP contribution in [0.5, 0.6) is 0 Å². The van der Waals surface area contributed by atoms with Crippen LogP contribution < -0.4 is 11.1 Å². The minimum Gasteiger partial charge on any atom is -0.398 e. The van der Waals surface area contributed by atoms with Crippen LogP contribution in [0.25, 0.3) is 0 Å². The Bertz CT molecular complexity index is 672. The Morgan fingerprint density at radius 2 is 1.88 bits per heavy atom. The Balaban J connectivity index is 1.42. The van der Waals surface area contributed by atoms with E-state index < -0.39 is 0 Å². The van der Waals surface area contributed by atoms with Gasteiger partial charge < -0.3 is 16.0 Å². The molecule has 0 aliphatic carbocycles. The maximum absolute atomic E-state index is 12.2. The van der Waals surface area contributed by atoms with Crippen LogP contribution in [-0.4, -0.2) is 37.0 Å². The zero-order valence-electron chi connectivity index (χ0n) is 13.9. The van der Waals surface area contributed by atoms with Crippen molar-refractivity contribution >= 4 is 11.6 Å². The second-order valence-electron chi connectivity index (χ2n) is 6.49. The van der Waals surface area contributed by atoms with Crippen LogP contribution in [0.3, 0.4) is 0 Å². The summed E-state index contributed by atoms with van der Waals surface area (Å²) in [5.41, 5.74) is 8.34. The molecular weight excluding hydrogens is 298 g/mol. The Labute approximate surface area is 143 Å². The number of amides is 1. The molecule has 126 valence electrons. The summed E-state index contributed by atoms with van der Waals surface area (Å²) in [6.07, 6.45) is 2.22. The summed E-state index contributed by atoms with van der Waals surface area (Å²) in [4.78, 5) is 14.7. The van der Waals surface area contributed by atoms with E-state index in [0.717, 1.165) is 39.0 Å². The van der Waals surface area contributed by atoms with Gasteiger partial charge in [0.2, 0.25) is 0 Å². The average Bonchev–Trinajstić information content (AvgIpc) is 3.07. The van der Waals surface area contributed by atoms with E-state index in [4.69, 9.17) is 5.73 Å². The third-order valence-electron chi connectivity index (χ3n) is 4.69. The normalized spacial score (nSPS) is 17.8. The highest BCUT2D eigenvalue weighted by Crippen LogP contribution is 2.17. The molecule has 0 aromatic heterocycles. The Morgan fingerprint density at radius 3 is 2.67 bits per heavy atom. The van der Waals surface area contributed by atoms with Crippen molar-refractivity contribution in [1.82, 2.24) is 10.2 Å². The van der Waals surface area contributed by atoms with Crippen LogP contribution in [0.2, 0.25) is 0 Å². The molecule has 3 rings (SSSR count). The minimum absolute atomic E-state index is 0.0733. The molecule has 1 atom stereocenters. The van der Waals surface area contributed by atoms with Gasteiger partial charge in [0.15, 0.2) is 0 Å². The molecule has 0 bridgehead atoms. The lowest BCUT2D eigenvalue weighted by molar-refractivity contribution is 0.0948. The molecule has 1 aliphatic heterocycles. The Morgan fingerprint density at radius 1 is 1.12 bits per heavy atom. The van der Waals surface area contributed by atoms with Crippen molar-refractivity contribution in [3.63, 3.8) is 0 Å². The number of hydrogen-bond donors (Lipinski definition) is 2. The van der Waals surface area contributed by atoms with Crippen molar-refractivity contribution < 1.29 is 4.79 Å². The number of nitrogens with two attached hydrogens (primary N) is 1. The summed E-state index contributed by atoms with van der Waals surface area (Å²) in [6, 6.07) is 17.8. The lowest BCUT2D eigenvalue weighted by atomic mass is 10.1. The molecule has 1 saturated heterocycles. The summed E-state index contributed by atoms with van der Waals surface area (Å²) < 4.78 is 0. The molecule has 24 heavy (non-hydrogen) atoms. The highest BCUT2D eigenvalue weighted by Gasteiger charge is 2.22. The van der Waals surface area contributed by atoms with Gasteiger partial charge in [-0.3, -0.25) is 4.79 Å². The predicted molar refractivity (Wildman–Crippen MR) is 97.9 cm³/mol. The highest BCUT2D eigenvalue weighted by atomic mass is 16.1. The molecule has 0 spiro atoms. The number of para-hydroxylation sites is 1. The van der Waals surface area contributed by atoms with Gasteiger partial charge in [0, 0.05) is 25.3 Å². The number of rotatable bonds is 6. The molecule has 1 aliphatic rings. The topological polar surface area (TPSA) is 58.4 Å². The molecule has 1 fully saturated rings. The Kier molecular flexibility index (Phi) is 5.49. The van der Waals surface area contributed by atoms with E-state index in [1.807, 2.05) is 12.1 Å². The summed E-state index contributed by atoms with van der Waals surface area (Å²) in [5.74, 6) is 0.450. The van der Waals surface area contributed by atoms with Crippen LogP contribution >= 0.6 is 0 Å².